The van der Waals surface area contributed by atoms with Crippen LogP contribution in [0.4, 0.5) is 0 Å². The standard InChI is InChI=1S/C9H14N2O2/c1-8(2)7(13)11-6(12)3-9(8)4-10-5-9/h10H,3-5H2,1-2H3,(H,11,12,13). The van der Waals surface area contributed by atoms with Gasteiger partial charge >= 0.3 is 0 Å². The molecule has 2 aliphatic heterocycles. The van der Waals surface area contributed by atoms with Crippen LogP contribution in [0.15, 0.2) is 0 Å². The van der Waals surface area contributed by atoms with Crippen molar-refractivity contribution in [2.75, 3.05) is 13.1 Å². The van der Waals surface area contributed by atoms with Crippen LogP contribution in [0.3, 0.4) is 0 Å². The zero-order valence-corrected chi connectivity index (χ0v) is 7.94. The first-order chi connectivity index (χ1) is 5.98. The van der Waals surface area contributed by atoms with Crippen molar-refractivity contribution in [3.05, 3.63) is 0 Å². The first-order valence-electron chi connectivity index (χ1n) is 4.53. The second kappa shape index (κ2) is 2.32. The van der Waals surface area contributed by atoms with Crippen molar-refractivity contribution in [2.24, 2.45) is 10.8 Å². The number of hydrogen-bond acceptors (Lipinski definition) is 3. The molecule has 13 heavy (non-hydrogen) atoms. The van der Waals surface area contributed by atoms with E-state index in [2.05, 4.69) is 10.6 Å². The highest BCUT2D eigenvalue weighted by molar-refractivity contribution is 6.01. The van der Waals surface area contributed by atoms with Crippen LogP contribution >= 0.6 is 0 Å². The Kier molecular flexibility index (Phi) is 1.55. The largest absolute Gasteiger partial charge is 0.315 e. The molecule has 2 N–H and O–H groups in total. The molecule has 2 heterocycles. The molecule has 2 aliphatic rings. The Balaban J connectivity index is 2.33. The molecule has 0 aromatic heterocycles. The SMILES string of the molecule is CC1(C)C(=O)NC(=O)CC12CNC2. The van der Waals surface area contributed by atoms with Crippen LogP contribution in [-0.4, -0.2) is 24.9 Å². The van der Waals surface area contributed by atoms with Gasteiger partial charge in [-0.3, -0.25) is 14.9 Å². The van der Waals surface area contributed by atoms with Gasteiger partial charge in [0, 0.05) is 24.9 Å². The van der Waals surface area contributed by atoms with Crippen LogP contribution < -0.4 is 10.6 Å². The summed E-state index contributed by atoms with van der Waals surface area (Å²) in [6.07, 6.45) is 0.471. The molecular weight excluding hydrogens is 168 g/mol. The third kappa shape index (κ3) is 0.950. The van der Waals surface area contributed by atoms with E-state index >= 15 is 0 Å². The molecule has 72 valence electrons. The van der Waals surface area contributed by atoms with Gasteiger partial charge < -0.3 is 5.32 Å². The van der Waals surface area contributed by atoms with Crippen molar-refractivity contribution in [3.63, 3.8) is 0 Å². The summed E-state index contributed by atoms with van der Waals surface area (Å²) in [5.74, 6) is -0.268. The van der Waals surface area contributed by atoms with E-state index < -0.39 is 5.41 Å². The lowest BCUT2D eigenvalue weighted by molar-refractivity contribution is -0.155. The fourth-order valence-corrected chi connectivity index (χ4v) is 2.09. The van der Waals surface area contributed by atoms with E-state index in [1.54, 1.807) is 0 Å². The van der Waals surface area contributed by atoms with E-state index in [0.29, 0.717) is 6.42 Å². The number of carbonyl (C=O) groups is 2. The highest BCUT2D eigenvalue weighted by atomic mass is 16.2. The Morgan fingerprint density at radius 3 is 2.31 bits per heavy atom. The Labute approximate surface area is 77.1 Å². The summed E-state index contributed by atoms with van der Waals surface area (Å²) in [5, 5.41) is 5.52. The number of rotatable bonds is 0. The monoisotopic (exact) mass is 182 g/mol. The second-order valence-electron chi connectivity index (χ2n) is 4.56. The van der Waals surface area contributed by atoms with Crippen molar-refractivity contribution in [1.29, 1.82) is 0 Å². The van der Waals surface area contributed by atoms with Crippen molar-refractivity contribution < 1.29 is 9.59 Å². The quantitative estimate of drug-likeness (QED) is 0.503. The number of hydrogen-bond donors (Lipinski definition) is 2. The first kappa shape index (κ1) is 8.69. The van der Waals surface area contributed by atoms with Gasteiger partial charge in [0.15, 0.2) is 0 Å². The Morgan fingerprint density at radius 2 is 1.85 bits per heavy atom. The van der Waals surface area contributed by atoms with E-state index in [-0.39, 0.29) is 17.2 Å². The molecule has 4 heteroatoms. The Bertz CT molecular complexity index is 279. The van der Waals surface area contributed by atoms with Crippen LogP contribution in [0.1, 0.15) is 20.3 Å². The zero-order chi connectivity index (χ0) is 9.69. The lowest BCUT2D eigenvalue weighted by atomic mass is 9.58. The molecule has 0 aliphatic carbocycles. The minimum Gasteiger partial charge on any atom is -0.315 e. The van der Waals surface area contributed by atoms with Gasteiger partial charge in [-0.2, -0.15) is 0 Å². The number of nitrogens with one attached hydrogen (secondary N) is 2. The molecule has 4 nitrogen and oxygen atoms in total. The molecule has 2 amide bonds. The molecule has 0 aromatic carbocycles. The molecule has 2 rings (SSSR count). The fourth-order valence-electron chi connectivity index (χ4n) is 2.09. The van der Waals surface area contributed by atoms with Gasteiger partial charge in [-0.15, -0.1) is 0 Å². The highest BCUT2D eigenvalue weighted by Crippen LogP contribution is 2.47. The van der Waals surface area contributed by atoms with Gasteiger partial charge in [-0.1, -0.05) is 13.8 Å². The van der Waals surface area contributed by atoms with Crippen LogP contribution in [-0.2, 0) is 9.59 Å². The third-order valence-electron chi connectivity index (χ3n) is 3.57. The summed E-state index contributed by atoms with van der Waals surface area (Å²) < 4.78 is 0. The van der Waals surface area contributed by atoms with Gasteiger partial charge in [-0.05, 0) is 0 Å². The molecule has 0 bridgehead atoms. The van der Waals surface area contributed by atoms with Crippen molar-refractivity contribution >= 4 is 11.8 Å². The fraction of sp³-hybridized carbons (Fsp3) is 0.778. The van der Waals surface area contributed by atoms with E-state index in [1.807, 2.05) is 13.8 Å². The average molecular weight is 182 g/mol. The predicted octanol–water partition coefficient (Wildman–Crippen LogP) is -0.351. The summed E-state index contributed by atoms with van der Waals surface area (Å²) in [6, 6.07) is 0. The third-order valence-corrected chi connectivity index (χ3v) is 3.57. The van der Waals surface area contributed by atoms with Crippen LogP contribution in [0.2, 0.25) is 0 Å². The van der Waals surface area contributed by atoms with Crippen molar-refractivity contribution in [1.82, 2.24) is 10.6 Å². The van der Waals surface area contributed by atoms with E-state index in [4.69, 9.17) is 0 Å². The van der Waals surface area contributed by atoms with Gasteiger partial charge in [0.1, 0.15) is 0 Å². The number of amides is 2. The maximum atomic E-state index is 11.6. The maximum Gasteiger partial charge on any atom is 0.232 e. The number of carbonyl (C=O) groups excluding carboxylic acids is 2. The molecule has 2 fully saturated rings. The zero-order valence-electron chi connectivity index (χ0n) is 7.94. The minimum absolute atomic E-state index is 0.133. The topological polar surface area (TPSA) is 58.2 Å². The Hall–Kier alpha value is -0.900. The molecule has 0 unspecified atom stereocenters. The molecule has 0 saturated carbocycles. The van der Waals surface area contributed by atoms with Crippen molar-refractivity contribution in [3.8, 4) is 0 Å². The van der Waals surface area contributed by atoms with Crippen LogP contribution in [0.25, 0.3) is 0 Å². The van der Waals surface area contributed by atoms with Gasteiger partial charge in [0.25, 0.3) is 0 Å². The predicted molar refractivity (Wildman–Crippen MR) is 46.9 cm³/mol. The lowest BCUT2D eigenvalue weighted by Crippen LogP contribution is -2.69. The van der Waals surface area contributed by atoms with Crippen LogP contribution in [0.5, 0.6) is 0 Å². The molecule has 0 atom stereocenters. The molecule has 2 saturated heterocycles. The second-order valence-corrected chi connectivity index (χ2v) is 4.56. The Morgan fingerprint density at radius 1 is 1.23 bits per heavy atom. The number of imide groups is 1. The van der Waals surface area contributed by atoms with Gasteiger partial charge in [0.2, 0.25) is 11.8 Å². The van der Waals surface area contributed by atoms with E-state index in [9.17, 15) is 9.59 Å². The average Bonchev–Trinajstić information content (AvgIpc) is 1.93. The number of piperidine rings is 1. The summed E-state index contributed by atoms with van der Waals surface area (Å²) in [7, 11) is 0. The molecule has 0 aromatic rings. The van der Waals surface area contributed by atoms with E-state index in [0.717, 1.165) is 13.1 Å². The summed E-state index contributed by atoms with van der Waals surface area (Å²) >= 11 is 0. The van der Waals surface area contributed by atoms with Crippen LogP contribution in [0, 0.1) is 10.8 Å². The maximum absolute atomic E-state index is 11.6. The normalized spacial score (nSPS) is 29.7. The molecular formula is C9H14N2O2. The molecule has 1 spiro atoms. The molecule has 0 radical (unpaired) electrons. The van der Waals surface area contributed by atoms with Crippen molar-refractivity contribution in [2.45, 2.75) is 20.3 Å². The minimum atomic E-state index is -0.424. The van der Waals surface area contributed by atoms with Gasteiger partial charge in [0.05, 0.1) is 5.41 Å². The summed E-state index contributed by atoms with van der Waals surface area (Å²) in [5.41, 5.74) is -0.557. The highest BCUT2D eigenvalue weighted by Gasteiger charge is 2.57. The van der Waals surface area contributed by atoms with Gasteiger partial charge in [-0.25, -0.2) is 0 Å². The lowest BCUT2D eigenvalue weighted by Gasteiger charge is -2.54. The smallest absolute Gasteiger partial charge is 0.232 e. The first-order valence-corrected chi connectivity index (χ1v) is 4.53. The summed E-state index contributed by atoms with van der Waals surface area (Å²) in [4.78, 5) is 22.8. The van der Waals surface area contributed by atoms with E-state index in [1.165, 1.54) is 0 Å². The summed E-state index contributed by atoms with van der Waals surface area (Å²) in [6.45, 7) is 5.38.